The number of hydrogen-bond donors (Lipinski definition) is 1. The van der Waals surface area contributed by atoms with Crippen molar-refractivity contribution in [1.29, 1.82) is 0 Å². The first-order valence-corrected chi connectivity index (χ1v) is 7.64. The highest BCUT2D eigenvalue weighted by Crippen LogP contribution is 2.47. The molecule has 1 atom stereocenters. The van der Waals surface area contributed by atoms with Crippen LogP contribution in [-0.2, 0) is 19.0 Å². The third kappa shape index (κ3) is 2.15. The molecule has 1 aromatic carbocycles. The van der Waals surface area contributed by atoms with E-state index in [-0.39, 0.29) is 5.76 Å². The summed E-state index contributed by atoms with van der Waals surface area (Å²) in [6, 6.07) is 7.53. The predicted octanol–water partition coefficient (Wildman–Crippen LogP) is 2.33. The van der Waals surface area contributed by atoms with Gasteiger partial charge in [-0.3, -0.25) is 0 Å². The molecule has 3 rings (SSSR count). The molecule has 0 spiro atoms. The van der Waals surface area contributed by atoms with Gasteiger partial charge in [-0.1, -0.05) is 33.2 Å². The molecule has 0 bridgehead atoms. The lowest BCUT2D eigenvalue weighted by Gasteiger charge is -2.42. The van der Waals surface area contributed by atoms with Crippen LogP contribution in [0.1, 0.15) is 5.56 Å². The van der Waals surface area contributed by atoms with Crippen LogP contribution in [0.15, 0.2) is 57.4 Å². The predicted molar refractivity (Wildman–Crippen MR) is 86.6 cm³/mol. The maximum absolute atomic E-state index is 11.1. The van der Waals surface area contributed by atoms with Gasteiger partial charge in [-0.25, -0.2) is 0 Å². The molecule has 1 aliphatic carbocycles. The minimum Gasteiger partial charge on any atom is -0.495 e. The summed E-state index contributed by atoms with van der Waals surface area (Å²) < 4.78 is 17.1. The Hall–Kier alpha value is -1.67. The molecule has 1 heterocycles. The summed E-state index contributed by atoms with van der Waals surface area (Å²) in [6.07, 6.45) is 3.35. The Balaban J connectivity index is 2.13. The van der Waals surface area contributed by atoms with E-state index in [0.717, 1.165) is 10.0 Å². The topological polar surface area (TPSA) is 69.5 Å². The van der Waals surface area contributed by atoms with E-state index in [1.54, 1.807) is 12.2 Å². The maximum atomic E-state index is 11.1. The third-order valence-electron chi connectivity index (χ3n) is 3.95. The lowest BCUT2D eigenvalue weighted by molar-refractivity contribution is -0.357. The monoisotopic (exact) mass is 381 g/mol. The fraction of sp³-hybridized carbons (Fsp3) is 0.312. The number of oxime groups is 1. The average Bonchev–Trinajstić information content (AvgIpc) is 2.91. The van der Waals surface area contributed by atoms with Crippen molar-refractivity contribution < 1.29 is 24.2 Å². The Labute approximate surface area is 142 Å². The number of ether oxygens (including phenoxy) is 3. The highest BCUT2D eigenvalue weighted by molar-refractivity contribution is 9.10. The van der Waals surface area contributed by atoms with Crippen molar-refractivity contribution in [3.05, 3.63) is 57.8 Å². The second-order valence-corrected chi connectivity index (χ2v) is 5.94. The van der Waals surface area contributed by atoms with Gasteiger partial charge in [0.1, 0.15) is 5.71 Å². The summed E-state index contributed by atoms with van der Waals surface area (Å²) in [7, 11) is 4.27. The molecular formula is C16H16BrNO5. The van der Waals surface area contributed by atoms with Crippen molar-refractivity contribution >= 4 is 21.6 Å². The molecule has 122 valence electrons. The van der Waals surface area contributed by atoms with Crippen molar-refractivity contribution in [3.63, 3.8) is 0 Å². The van der Waals surface area contributed by atoms with Gasteiger partial charge in [0.25, 0.3) is 0 Å². The number of allylic oxidation sites excluding steroid dienone is 2. The van der Waals surface area contributed by atoms with Gasteiger partial charge in [-0.15, -0.1) is 0 Å². The standard InChI is InChI=1S/C16H16BrNO5/c1-20-13-8-7-12-14(10-5-4-6-11(17)9-10)18-23-15(12,19)16(13,21-2)22-3/h4-9,19H,1-3H3. The second-order valence-electron chi connectivity index (χ2n) is 5.03. The molecule has 0 amide bonds. The van der Waals surface area contributed by atoms with Gasteiger partial charge < -0.3 is 24.2 Å². The molecule has 6 nitrogen and oxygen atoms in total. The van der Waals surface area contributed by atoms with Gasteiger partial charge in [0.15, 0.2) is 5.76 Å². The van der Waals surface area contributed by atoms with Crippen LogP contribution in [0, 0.1) is 0 Å². The van der Waals surface area contributed by atoms with Crippen molar-refractivity contribution in [2.45, 2.75) is 11.6 Å². The van der Waals surface area contributed by atoms with E-state index in [0.29, 0.717) is 11.3 Å². The summed E-state index contributed by atoms with van der Waals surface area (Å²) in [5.74, 6) is -3.32. The molecule has 0 fully saturated rings. The maximum Gasteiger partial charge on any atom is 0.325 e. The van der Waals surface area contributed by atoms with Gasteiger partial charge in [-0.05, 0) is 24.3 Å². The van der Waals surface area contributed by atoms with Crippen LogP contribution >= 0.6 is 15.9 Å². The Morgan fingerprint density at radius 1 is 1.17 bits per heavy atom. The lowest BCUT2D eigenvalue weighted by Crippen LogP contribution is -2.60. The average molecular weight is 382 g/mol. The first kappa shape index (κ1) is 16.2. The van der Waals surface area contributed by atoms with Crippen LogP contribution in [0.2, 0.25) is 0 Å². The van der Waals surface area contributed by atoms with Gasteiger partial charge in [0.05, 0.1) is 12.7 Å². The van der Waals surface area contributed by atoms with Crippen molar-refractivity contribution in [2.75, 3.05) is 21.3 Å². The fourth-order valence-corrected chi connectivity index (χ4v) is 3.24. The SMILES string of the molecule is COC1=CC=C2C(c3cccc(Br)c3)=NOC2(O)C1(OC)OC. The van der Waals surface area contributed by atoms with E-state index in [2.05, 4.69) is 21.1 Å². The summed E-state index contributed by atoms with van der Waals surface area (Å²) in [4.78, 5) is 5.37. The van der Waals surface area contributed by atoms with E-state index in [9.17, 15) is 5.11 Å². The highest BCUT2D eigenvalue weighted by Gasteiger charge is 2.66. The molecule has 0 saturated carbocycles. The normalized spacial score (nSPS) is 25.0. The van der Waals surface area contributed by atoms with E-state index in [1.807, 2.05) is 24.3 Å². The molecule has 1 aromatic rings. The van der Waals surface area contributed by atoms with E-state index < -0.39 is 11.6 Å². The van der Waals surface area contributed by atoms with E-state index in [1.165, 1.54) is 21.3 Å². The molecule has 0 radical (unpaired) electrons. The molecule has 0 aromatic heterocycles. The van der Waals surface area contributed by atoms with Crippen molar-refractivity contribution in [2.24, 2.45) is 5.16 Å². The Bertz CT molecular complexity index is 723. The number of nitrogens with zero attached hydrogens (tertiary/aromatic N) is 1. The van der Waals surface area contributed by atoms with Crippen LogP contribution in [0.25, 0.3) is 0 Å². The summed E-state index contributed by atoms with van der Waals surface area (Å²) in [5, 5.41) is 15.2. The number of aliphatic hydroxyl groups is 1. The van der Waals surface area contributed by atoms with Crippen LogP contribution in [0.4, 0.5) is 0 Å². The molecule has 1 N–H and O–H groups in total. The quantitative estimate of drug-likeness (QED) is 0.810. The lowest BCUT2D eigenvalue weighted by atomic mass is 9.85. The zero-order valence-corrected chi connectivity index (χ0v) is 14.5. The fourth-order valence-electron chi connectivity index (χ4n) is 2.84. The van der Waals surface area contributed by atoms with Gasteiger partial charge in [0.2, 0.25) is 0 Å². The first-order valence-electron chi connectivity index (χ1n) is 6.84. The molecule has 1 aliphatic heterocycles. The van der Waals surface area contributed by atoms with Gasteiger partial charge in [0, 0.05) is 24.3 Å². The van der Waals surface area contributed by atoms with Gasteiger partial charge in [-0.2, -0.15) is 0 Å². The zero-order valence-electron chi connectivity index (χ0n) is 12.9. The smallest absolute Gasteiger partial charge is 0.325 e. The van der Waals surface area contributed by atoms with E-state index >= 15 is 0 Å². The highest BCUT2D eigenvalue weighted by atomic mass is 79.9. The minimum atomic E-state index is -1.95. The van der Waals surface area contributed by atoms with Crippen LogP contribution in [0.3, 0.4) is 0 Å². The Kier molecular flexibility index (Phi) is 4.05. The van der Waals surface area contributed by atoms with Crippen LogP contribution < -0.4 is 0 Å². The zero-order chi connectivity index (χ0) is 16.7. The van der Waals surface area contributed by atoms with E-state index in [4.69, 9.17) is 19.0 Å². The molecule has 2 aliphatic rings. The van der Waals surface area contributed by atoms with Gasteiger partial charge >= 0.3 is 11.6 Å². The van der Waals surface area contributed by atoms with Crippen molar-refractivity contribution in [3.8, 4) is 0 Å². The summed E-state index contributed by atoms with van der Waals surface area (Å²) in [6.45, 7) is 0. The largest absolute Gasteiger partial charge is 0.495 e. The number of hydrogen-bond acceptors (Lipinski definition) is 6. The third-order valence-corrected chi connectivity index (χ3v) is 4.45. The Morgan fingerprint density at radius 3 is 2.52 bits per heavy atom. The number of rotatable bonds is 4. The number of fused-ring (bicyclic) bond motifs is 1. The molecule has 23 heavy (non-hydrogen) atoms. The molecule has 1 unspecified atom stereocenters. The van der Waals surface area contributed by atoms with Crippen molar-refractivity contribution in [1.82, 2.24) is 0 Å². The minimum absolute atomic E-state index is 0.277. The second kappa shape index (κ2) is 5.76. The summed E-state index contributed by atoms with van der Waals surface area (Å²) in [5.41, 5.74) is 1.72. The number of halogens is 1. The van der Waals surface area contributed by atoms with Crippen LogP contribution in [-0.4, -0.2) is 43.7 Å². The summed E-state index contributed by atoms with van der Waals surface area (Å²) >= 11 is 3.42. The first-order chi connectivity index (χ1) is 11.0. The Morgan fingerprint density at radius 2 is 1.91 bits per heavy atom. The molecule has 7 heteroatoms. The number of benzene rings is 1. The molecular weight excluding hydrogens is 366 g/mol. The number of methoxy groups -OCH3 is 3. The van der Waals surface area contributed by atoms with Crippen LogP contribution in [0.5, 0.6) is 0 Å². The molecule has 0 saturated heterocycles.